The zero-order chi connectivity index (χ0) is 28.6. The maximum Gasteiger partial charge on any atom is 0.338 e. The predicted octanol–water partition coefficient (Wildman–Crippen LogP) is 4.02. The molecule has 0 saturated carbocycles. The van der Waals surface area contributed by atoms with Crippen LogP contribution in [0.3, 0.4) is 0 Å². The number of allylic oxidation sites excluding steroid dienone is 1. The number of ether oxygens (including phenoxy) is 3. The van der Waals surface area contributed by atoms with Crippen molar-refractivity contribution in [1.82, 2.24) is 9.13 Å². The molecule has 0 amide bonds. The standard InChI is InChI=1S/C31H33N3O5S/c1-7-39-30(36)26-19(3)32-31-34(28(26)27-23-11-9-8-10-21(23)12-13-24(27)38-6)29(35)25(40-31)17-22-16-18(2)33(20(22)4)14-15-37-5/h8-13,16-17,28H,7,14-15H2,1-6H3/t28-/m0/s1. The molecule has 9 heteroatoms. The minimum absolute atomic E-state index is 0.206. The van der Waals surface area contributed by atoms with Crippen LogP contribution in [0.5, 0.6) is 5.75 Å². The van der Waals surface area contributed by atoms with Crippen LogP contribution in [0.2, 0.25) is 0 Å². The first kappa shape index (κ1) is 27.6. The van der Waals surface area contributed by atoms with Crippen molar-refractivity contribution >= 4 is 34.2 Å². The molecule has 2 aromatic carbocycles. The Balaban J connectivity index is 1.79. The van der Waals surface area contributed by atoms with E-state index in [0.717, 1.165) is 39.8 Å². The van der Waals surface area contributed by atoms with E-state index in [2.05, 4.69) is 10.6 Å². The van der Waals surface area contributed by atoms with E-state index in [0.29, 0.717) is 33.0 Å². The number of methoxy groups -OCH3 is 2. The number of rotatable bonds is 8. The lowest BCUT2D eigenvalue weighted by molar-refractivity contribution is -0.139. The van der Waals surface area contributed by atoms with Gasteiger partial charge in [0.1, 0.15) is 11.8 Å². The average molecular weight is 560 g/mol. The number of aryl methyl sites for hydroxylation is 1. The van der Waals surface area contributed by atoms with E-state index in [4.69, 9.17) is 19.2 Å². The van der Waals surface area contributed by atoms with Crippen molar-refractivity contribution in [1.29, 1.82) is 0 Å². The van der Waals surface area contributed by atoms with Gasteiger partial charge in [0.2, 0.25) is 0 Å². The number of aromatic nitrogens is 2. The van der Waals surface area contributed by atoms with E-state index in [9.17, 15) is 9.59 Å². The highest BCUT2D eigenvalue weighted by Crippen LogP contribution is 2.40. The Morgan fingerprint density at radius 2 is 1.90 bits per heavy atom. The Labute approximate surface area is 236 Å². The summed E-state index contributed by atoms with van der Waals surface area (Å²) in [7, 11) is 3.28. The molecule has 8 nitrogen and oxygen atoms in total. The Morgan fingerprint density at radius 3 is 2.62 bits per heavy atom. The molecule has 0 bridgehead atoms. The monoisotopic (exact) mass is 559 g/mol. The van der Waals surface area contributed by atoms with E-state index in [-0.39, 0.29) is 12.2 Å². The van der Waals surface area contributed by atoms with E-state index in [1.807, 2.05) is 56.3 Å². The number of carbonyl (C=O) groups is 1. The molecule has 1 aliphatic heterocycles. The van der Waals surface area contributed by atoms with Crippen molar-refractivity contribution < 1.29 is 19.0 Å². The molecular weight excluding hydrogens is 526 g/mol. The first-order valence-corrected chi connectivity index (χ1v) is 14.0. The summed E-state index contributed by atoms with van der Waals surface area (Å²) in [4.78, 5) is 32.8. The van der Waals surface area contributed by atoms with Gasteiger partial charge in [-0.2, -0.15) is 0 Å². The van der Waals surface area contributed by atoms with Gasteiger partial charge in [-0.3, -0.25) is 9.36 Å². The maximum absolute atomic E-state index is 14.2. The lowest BCUT2D eigenvalue weighted by Crippen LogP contribution is -2.40. The Kier molecular flexibility index (Phi) is 7.78. The number of benzene rings is 2. The van der Waals surface area contributed by atoms with Crippen molar-refractivity contribution in [3.05, 3.63) is 95.9 Å². The molecule has 0 spiro atoms. The first-order chi connectivity index (χ1) is 19.3. The summed E-state index contributed by atoms with van der Waals surface area (Å²) in [5.74, 6) is 0.0798. The molecule has 4 aromatic rings. The van der Waals surface area contributed by atoms with Gasteiger partial charge in [0.25, 0.3) is 5.56 Å². The highest BCUT2D eigenvalue weighted by atomic mass is 32.1. The van der Waals surface area contributed by atoms with Crippen molar-refractivity contribution in [2.75, 3.05) is 27.4 Å². The van der Waals surface area contributed by atoms with Gasteiger partial charge in [0, 0.05) is 30.6 Å². The highest BCUT2D eigenvalue weighted by Gasteiger charge is 2.36. The quantitative estimate of drug-likeness (QED) is 0.305. The second-order valence-electron chi connectivity index (χ2n) is 9.68. The van der Waals surface area contributed by atoms with Gasteiger partial charge >= 0.3 is 5.97 Å². The fourth-order valence-corrected chi connectivity index (χ4v) is 6.48. The summed E-state index contributed by atoms with van der Waals surface area (Å²) in [6.45, 7) is 9.17. The molecular formula is C31H33N3O5S. The molecule has 0 saturated heterocycles. The largest absolute Gasteiger partial charge is 0.496 e. The van der Waals surface area contributed by atoms with E-state index >= 15 is 0 Å². The van der Waals surface area contributed by atoms with E-state index in [1.54, 1.807) is 32.6 Å². The Bertz CT molecular complexity index is 1830. The number of carbonyl (C=O) groups excluding carboxylic acids is 1. The van der Waals surface area contributed by atoms with Crippen LogP contribution in [0.25, 0.3) is 16.8 Å². The van der Waals surface area contributed by atoms with Crippen LogP contribution in [0, 0.1) is 13.8 Å². The summed E-state index contributed by atoms with van der Waals surface area (Å²) in [5, 5.41) is 1.86. The topological polar surface area (TPSA) is 84.0 Å². The number of hydrogen-bond acceptors (Lipinski definition) is 7. The van der Waals surface area contributed by atoms with Crippen LogP contribution < -0.4 is 19.6 Å². The third-order valence-electron chi connectivity index (χ3n) is 7.36. The van der Waals surface area contributed by atoms with Gasteiger partial charge in [-0.05, 0) is 62.2 Å². The zero-order valence-electron chi connectivity index (χ0n) is 23.6. The second kappa shape index (κ2) is 11.3. The second-order valence-corrected chi connectivity index (χ2v) is 10.7. The molecule has 40 heavy (non-hydrogen) atoms. The van der Waals surface area contributed by atoms with Crippen LogP contribution in [0.15, 0.2) is 63.5 Å². The summed E-state index contributed by atoms with van der Waals surface area (Å²) >= 11 is 1.31. The normalized spacial score (nSPS) is 15.3. The number of esters is 1. The number of thiazole rings is 1. The fourth-order valence-electron chi connectivity index (χ4n) is 5.44. The molecule has 5 rings (SSSR count). The first-order valence-electron chi connectivity index (χ1n) is 13.2. The highest BCUT2D eigenvalue weighted by molar-refractivity contribution is 7.07. The molecule has 0 N–H and O–H groups in total. The SMILES string of the molecule is CCOC(=O)C1=C(C)N=c2sc(=Cc3cc(C)n(CCOC)c3C)c(=O)n2[C@@H]1c1c(OC)ccc2ccccc12. The molecule has 3 heterocycles. The van der Waals surface area contributed by atoms with E-state index < -0.39 is 12.0 Å². The van der Waals surface area contributed by atoms with Gasteiger partial charge in [-0.1, -0.05) is 41.7 Å². The molecule has 0 radical (unpaired) electrons. The average Bonchev–Trinajstić information content (AvgIpc) is 3.39. The van der Waals surface area contributed by atoms with Gasteiger partial charge in [0.15, 0.2) is 4.80 Å². The van der Waals surface area contributed by atoms with Crippen LogP contribution in [-0.2, 0) is 20.8 Å². The van der Waals surface area contributed by atoms with Crippen LogP contribution >= 0.6 is 11.3 Å². The van der Waals surface area contributed by atoms with Crippen LogP contribution in [0.4, 0.5) is 0 Å². The van der Waals surface area contributed by atoms with E-state index in [1.165, 1.54) is 11.3 Å². The number of hydrogen-bond donors (Lipinski definition) is 0. The molecule has 0 aliphatic carbocycles. The van der Waals surface area contributed by atoms with Gasteiger partial charge in [-0.25, -0.2) is 9.79 Å². The molecule has 1 aliphatic rings. The predicted molar refractivity (Wildman–Crippen MR) is 157 cm³/mol. The van der Waals surface area contributed by atoms with Crippen molar-refractivity contribution in [3.8, 4) is 5.75 Å². The Morgan fingerprint density at radius 1 is 1.12 bits per heavy atom. The zero-order valence-corrected chi connectivity index (χ0v) is 24.4. The van der Waals surface area contributed by atoms with Gasteiger partial charge < -0.3 is 18.8 Å². The minimum Gasteiger partial charge on any atom is -0.496 e. The lowest BCUT2D eigenvalue weighted by atomic mass is 9.90. The third-order valence-corrected chi connectivity index (χ3v) is 8.34. The smallest absolute Gasteiger partial charge is 0.338 e. The summed E-state index contributed by atoms with van der Waals surface area (Å²) in [6, 6.07) is 13.0. The van der Waals surface area contributed by atoms with Gasteiger partial charge in [-0.15, -0.1) is 0 Å². The van der Waals surface area contributed by atoms with Crippen LogP contribution in [0.1, 0.15) is 42.4 Å². The fraction of sp³-hybridized carbons (Fsp3) is 0.323. The maximum atomic E-state index is 14.2. The Hall–Kier alpha value is -3.95. The molecule has 1 atom stereocenters. The molecule has 2 aromatic heterocycles. The molecule has 0 fully saturated rings. The number of fused-ring (bicyclic) bond motifs is 2. The molecule has 0 unspecified atom stereocenters. The number of nitrogens with zero attached hydrogens (tertiary/aromatic N) is 3. The lowest BCUT2D eigenvalue weighted by Gasteiger charge is -2.27. The van der Waals surface area contributed by atoms with Crippen molar-refractivity contribution in [2.45, 2.75) is 40.3 Å². The van der Waals surface area contributed by atoms with Crippen molar-refractivity contribution in [2.24, 2.45) is 4.99 Å². The summed E-state index contributed by atoms with van der Waals surface area (Å²) in [5.41, 5.74) is 4.45. The summed E-state index contributed by atoms with van der Waals surface area (Å²) in [6.07, 6.45) is 1.91. The van der Waals surface area contributed by atoms with Crippen LogP contribution in [-0.4, -0.2) is 42.5 Å². The third kappa shape index (κ3) is 4.69. The van der Waals surface area contributed by atoms with Crippen molar-refractivity contribution in [3.63, 3.8) is 0 Å². The van der Waals surface area contributed by atoms with Gasteiger partial charge in [0.05, 0.1) is 36.1 Å². The molecule has 208 valence electrons. The summed E-state index contributed by atoms with van der Waals surface area (Å²) < 4.78 is 20.9. The minimum atomic E-state index is -0.771.